The fourth-order valence-electron chi connectivity index (χ4n) is 4.81. The highest BCUT2D eigenvalue weighted by molar-refractivity contribution is 7.17. The number of carbonyl (C=O) groups excluding carboxylic acids is 1. The lowest BCUT2D eigenvalue weighted by atomic mass is 9.97. The van der Waals surface area contributed by atoms with Gasteiger partial charge in [0.15, 0.2) is 0 Å². The van der Waals surface area contributed by atoms with E-state index in [4.69, 9.17) is 4.74 Å². The minimum Gasteiger partial charge on any atom is -0.465 e. The van der Waals surface area contributed by atoms with Crippen molar-refractivity contribution in [2.45, 2.75) is 32.7 Å². The average Bonchev–Trinajstić information content (AvgIpc) is 3.44. The Balaban J connectivity index is 1.75. The van der Waals surface area contributed by atoms with Gasteiger partial charge in [0.05, 0.1) is 30.9 Å². The number of methoxy groups -OCH3 is 1. The van der Waals surface area contributed by atoms with Gasteiger partial charge in [0.1, 0.15) is 0 Å². The number of nitrogens with zero attached hydrogens (tertiary/aromatic N) is 2. The number of thiophene rings is 1. The number of hydrogen-bond acceptors (Lipinski definition) is 4. The molecule has 0 atom stereocenters. The number of esters is 1. The second-order valence-corrected chi connectivity index (χ2v) is 9.65. The molecule has 0 unspecified atom stereocenters. The summed E-state index contributed by atoms with van der Waals surface area (Å²) in [5.41, 5.74) is 7.62. The minimum atomic E-state index is -0.344. The standard InChI is InChI=1S/C30H26N2O2S/c1-20-8-10-21(11-9-20)12-14-24-25-18-22(30(33)34-2)13-15-27(25)32(17-5-16-31)29(24)26-19-35-28-7-4-3-6-23(26)28/h3-4,6-11,13,15,18-19H,5,12,14,17H2,1-2H3. The van der Waals surface area contributed by atoms with Crippen molar-refractivity contribution in [3.05, 3.63) is 94.4 Å². The number of benzene rings is 3. The molecule has 0 saturated heterocycles. The summed E-state index contributed by atoms with van der Waals surface area (Å²) in [7, 11) is 1.41. The van der Waals surface area contributed by atoms with Crippen LogP contribution in [-0.2, 0) is 24.1 Å². The predicted octanol–water partition coefficient (Wildman–Crippen LogP) is 7.32. The third-order valence-corrected chi connectivity index (χ3v) is 7.52. The highest BCUT2D eigenvalue weighted by Crippen LogP contribution is 2.41. The lowest BCUT2D eigenvalue weighted by Gasteiger charge is -2.11. The molecule has 5 rings (SSSR count). The highest BCUT2D eigenvalue weighted by atomic mass is 32.1. The van der Waals surface area contributed by atoms with Gasteiger partial charge in [-0.05, 0) is 55.2 Å². The summed E-state index contributed by atoms with van der Waals surface area (Å²) in [5.74, 6) is -0.344. The van der Waals surface area contributed by atoms with E-state index in [2.05, 4.69) is 71.5 Å². The van der Waals surface area contributed by atoms with Crippen molar-refractivity contribution in [2.24, 2.45) is 0 Å². The van der Waals surface area contributed by atoms with Crippen LogP contribution < -0.4 is 0 Å². The fourth-order valence-corrected chi connectivity index (χ4v) is 5.75. The van der Waals surface area contributed by atoms with Crippen LogP contribution in [0.25, 0.3) is 32.2 Å². The maximum Gasteiger partial charge on any atom is 0.337 e. The van der Waals surface area contributed by atoms with E-state index in [-0.39, 0.29) is 5.97 Å². The quantitative estimate of drug-likeness (QED) is 0.230. The van der Waals surface area contributed by atoms with Gasteiger partial charge in [-0.3, -0.25) is 0 Å². The summed E-state index contributed by atoms with van der Waals surface area (Å²) < 4.78 is 8.51. The minimum absolute atomic E-state index is 0.344. The van der Waals surface area contributed by atoms with E-state index in [1.807, 2.05) is 18.2 Å². The monoisotopic (exact) mass is 478 g/mol. The second-order valence-electron chi connectivity index (χ2n) is 8.74. The lowest BCUT2D eigenvalue weighted by Crippen LogP contribution is -2.02. The zero-order valence-electron chi connectivity index (χ0n) is 19.9. The first kappa shape index (κ1) is 22.9. The summed E-state index contributed by atoms with van der Waals surface area (Å²) >= 11 is 1.74. The molecule has 0 saturated carbocycles. The van der Waals surface area contributed by atoms with Gasteiger partial charge in [0, 0.05) is 38.5 Å². The van der Waals surface area contributed by atoms with Gasteiger partial charge < -0.3 is 9.30 Å². The molecule has 174 valence electrons. The van der Waals surface area contributed by atoms with E-state index >= 15 is 0 Å². The summed E-state index contributed by atoms with van der Waals surface area (Å²) in [5, 5.41) is 13.9. The first-order chi connectivity index (χ1) is 17.1. The number of ether oxygens (including phenoxy) is 1. The van der Waals surface area contributed by atoms with Crippen LogP contribution in [0.2, 0.25) is 0 Å². The van der Waals surface area contributed by atoms with E-state index in [0.717, 1.165) is 29.4 Å². The van der Waals surface area contributed by atoms with Gasteiger partial charge in [0.25, 0.3) is 0 Å². The van der Waals surface area contributed by atoms with Gasteiger partial charge in [-0.1, -0.05) is 48.0 Å². The molecule has 3 aromatic carbocycles. The zero-order chi connectivity index (χ0) is 24.4. The first-order valence-corrected chi connectivity index (χ1v) is 12.6. The van der Waals surface area contributed by atoms with Gasteiger partial charge >= 0.3 is 5.97 Å². The normalized spacial score (nSPS) is 11.1. The Labute approximate surface area is 209 Å². The fraction of sp³-hybridized carbons (Fsp3) is 0.200. The molecular weight excluding hydrogens is 452 g/mol. The van der Waals surface area contributed by atoms with Crippen LogP contribution in [0.15, 0.2) is 72.1 Å². The van der Waals surface area contributed by atoms with Crippen LogP contribution >= 0.6 is 11.3 Å². The lowest BCUT2D eigenvalue weighted by molar-refractivity contribution is 0.0601. The number of aromatic nitrogens is 1. The van der Waals surface area contributed by atoms with Crippen LogP contribution in [0.1, 0.15) is 33.5 Å². The van der Waals surface area contributed by atoms with Crippen molar-refractivity contribution in [3.63, 3.8) is 0 Å². The average molecular weight is 479 g/mol. The van der Waals surface area contributed by atoms with E-state index in [1.54, 1.807) is 11.3 Å². The SMILES string of the molecule is COC(=O)c1ccc2c(c1)c(CCc1ccc(C)cc1)c(-c1csc3ccccc13)n2CCC#N. The van der Waals surface area contributed by atoms with E-state index in [1.165, 1.54) is 39.4 Å². The summed E-state index contributed by atoms with van der Waals surface area (Å²) in [6.45, 7) is 2.69. The Morgan fingerprint density at radius 3 is 2.60 bits per heavy atom. The highest BCUT2D eigenvalue weighted by Gasteiger charge is 2.22. The predicted molar refractivity (Wildman–Crippen MR) is 143 cm³/mol. The smallest absolute Gasteiger partial charge is 0.337 e. The third kappa shape index (κ3) is 4.34. The maximum absolute atomic E-state index is 12.4. The summed E-state index contributed by atoms with van der Waals surface area (Å²) in [6.07, 6.45) is 2.12. The summed E-state index contributed by atoms with van der Waals surface area (Å²) in [6, 6.07) is 25.2. The number of carbonyl (C=O) groups is 1. The van der Waals surface area contributed by atoms with Gasteiger partial charge in [0.2, 0.25) is 0 Å². The molecule has 4 nitrogen and oxygen atoms in total. The Kier molecular flexibility index (Phi) is 6.39. The molecule has 0 amide bonds. The molecule has 2 aromatic heterocycles. The van der Waals surface area contributed by atoms with Crippen molar-refractivity contribution in [1.82, 2.24) is 4.57 Å². The largest absolute Gasteiger partial charge is 0.465 e. The van der Waals surface area contributed by atoms with Crippen molar-refractivity contribution < 1.29 is 9.53 Å². The maximum atomic E-state index is 12.4. The second kappa shape index (κ2) is 9.77. The molecular formula is C30H26N2O2S. The van der Waals surface area contributed by atoms with Gasteiger partial charge in [-0.2, -0.15) is 5.26 Å². The zero-order valence-corrected chi connectivity index (χ0v) is 20.7. The van der Waals surface area contributed by atoms with Crippen LogP contribution in [0, 0.1) is 18.3 Å². The topological polar surface area (TPSA) is 55.0 Å². The Bertz CT molecular complexity index is 1570. The Morgan fingerprint density at radius 2 is 1.83 bits per heavy atom. The van der Waals surface area contributed by atoms with E-state index < -0.39 is 0 Å². The van der Waals surface area contributed by atoms with Crippen LogP contribution in [-0.4, -0.2) is 17.6 Å². The molecule has 0 N–H and O–H groups in total. The molecule has 0 bridgehead atoms. The molecule has 0 fully saturated rings. The Morgan fingerprint density at radius 1 is 1.03 bits per heavy atom. The molecule has 0 radical (unpaired) electrons. The number of nitriles is 1. The first-order valence-electron chi connectivity index (χ1n) is 11.7. The van der Waals surface area contributed by atoms with Gasteiger partial charge in [-0.25, -0.2) is 4.79 Å². The van der Waals surface area contributed by atoms with E-state index in [9.17, 15) is 10.1 Å². The summed E-state index contributed by atoms with van der Waals surface area (Å²) in [4.78, 5) is 12.4. The molecule has 35 heavy (non-hydrogen) atoms. The molecule has 5 heteroatoms. The molecule has 0 spiro atoms. The molecule has 0 aliphatic rings. The molecule has 2 heterocycles. The van der Waals surface area contributed by atoms with Gasteiger partial charge in [-0.15, -0.1) is 11.3 Å². The molecule has 0 aliphatic carbocycles. The van der Waals surface area contributed by atoms with E-state index in [0.29, 0.717) is 18.5 Å². The number of hydrogen-bond donors (Lipinski definition) is 0. The number of rotatable bonds is 7. The van der Waals surface area contributed by atoms with Crippen molar-refractivity contribution >= 4 is 38.3 Å². The third-order valence-electron chi connectivity index (χ3n) is 6.56. The van der Waals surface area contributed by atoms with Crippen molar-refractivity contribution in [3.8, 4) is 17.3 Å². The van der Waals surface area contributed by atoms with Crippen LogP contribution in [0.5, 0.6) is 0 Å². The van der Waals surface area contributed by atoms with Crippen molar-refractivity contribution in [2.75, 3.05) is 7.11 Å². The molecule has 0 aliphatic heterocycles. The van der Waals surface area contributed by atoms with Crippen molar-refractivity contribution in [1.29, 1.82) is 5.26 Å². The van der Waals surface area contributed by atoms with Crippen LogP contribution in [0.3, 0.4) is 0 Å². The van der Waals surface area contributed by atoms with Crippen LogP contribution in [0.4, 0.5) is 0 Å². The number of fused-ring (bicyclic) bond motifs is 2. The Hall–Kier alpha value is -3.88. The molecule has 5 aromatic rings. The number of aryl methyl sites for hydroxylation is 4.